The number of nitrogens with zero attached hydrogens (tertiary/aromatic N) is 5. The highest BCUT2D eigenvalue weighted by Gasteiger charge is 2.09. The summed E-state index contributed by atoms with van der Waals surface area (Å²) in [6, 6.07) is 13.7. The smallest absolute Gasteiger partial charge is 0.275 e. The molecule has 0 unspecified atom stereocenters. The average Bonchev–Trinajstić information content (AvgIpc) is 3.18. The third kappa shape index (κ3) is 2.34. The Morgan fingerprint density at radius 3 is 2.65 bits per heavy atom. The van der Waals surface area contributed by atoms with E-state index in [1.165, 1.54) is 0 Å². The second kappa shape index (κ2) is 5.24. The van der Waals surface area contributed by atoms with Gasteiger partial charge >= 0.3 is 0 Å². The summed E-state index contributed by atoms with van der Waals surface area (Å²) in [6.45, 7) is 0.396. The summed E-state index contributed by atoms with van der Waals surface area (Å²) in [4.78, 5) is 12.6. The molecule has 0 aliphatic carbocycles. The minimum absolute atomic E-state index is 0.0238. The largest absolute Gasteiger partial charge is 0.346 e. The fourth-order valence-electron chi connectivity index (χ4n) is 2.71. The van der Waals surface area contributed by atoms with Gasteiger partial charge in [-0.15, -0.1) is 5.10 Å². The van der Waals surface area contributed by atoms with Crippen LogP contribution in [0.4, 0.5) is 0 Å². The topological polar surface area (TPSA) is 57.6 Å². The van der Waals surface area contributed by atoms with Gasteiger partial charge in [0.1, 0.15) is 11.2 Å². The molecule has 0 aliphatic rings. The molecule has 3 heterocycles. The molecule has 0 aliphatic heterocycles. The fourth-order valence-corrected chi connectivity index (χ4v) is 2.71. The standard InChI is InChI=1S/C17H15N5O/c1-20-9-7-13-8-10-21(17(23)16(13)20)11-14-12-22(19-18-14)15-5-3-2-4-6-15/h2-10,12H,11H2,1H3. The Hall–Kier alpha value is -3.15. The normalized spacial score (nSPS) is 11.2. The van der Waals surface area contributed by atoms with Crippen LogP contribution in [-0.2, 0) is 13.6 Å². The average molecular weight is 305 g/mol. The number of pyridine rings is 1. The van der Waals surface area contributed by atoms with E-state index in [1.54, 1.807) is 15.4 Å². The van der Waals surface area contributed by atoms with Gasteiger partial charge in [-0.25, -0.2) is 4.68 Å². The van der Waals surface area contributed by atoms with Gasteiger partial charge in [-0.05, 0) is 24.3 Å². The van der Waals surface area contributed by atoms with Crippen molar-refractivity contribution in [1.82, 2.24) is 24.1 Å². The van der Waals surface area contributed by atoms with Gasteiger partial charge in [-0.3, -0.25) is 4.79 Å². The van der Waals surface area contributed by atoms with Crippen molar-refractivity contribution in [2.24, 2.45) is 7.05 Å². The monoisotopic (exact) mass is 305 g/mol. The predicted molar refractivity (Wildman–Crippen MR) is 87.6 cm³/mol. The lowest BCUT2D eigenvalue weighted by atomic mass is 10.3. The Balaban J connectivity index is 1.69. The van der Waals surface area contributed by atoms with Gasteiger partial charge in [0.25, 0.3) is 5.56 Å². The van der Waals surface area contributed by atoms with Crippen molar-refractivity contribution in [3.8, 4) is 5.69 Å². The molecular formula is C17H15N5O. The van der Waals surface area contributed by atoms with Crippen LogP contribution in [-0.4, -0.2) is 24.1 Å². The quantitative estimate of drug-likeness (QED) is 0.581. The van der Waals surface area contributed by atoms with Crippen molar-refractivity contribution < 1.29 is 0 Å². The Kier molecular flexibility index (Phi) is 3.08. The van der Waals surface area contributed by atoms with E-state index in [4.69, 9.17) is 0 Å². The molecule has 23 heavy (non-hydrogen) atoms. The molecule has 4 aromatic rings. The first kappa shape index (κ1) is 13.5. The highest BCUT2D eigenvalue weighted by atomic mass is 16.1. The number of benzene rings is 1. The van der Waals surface area contributed by atoms with Crippen LogP contribution < -0.4 is 5.56 Å². The lowest BCUT2D eigenvalue weighted by Gasteiger charge is -2.04. The van der Waals surface area contributed by atoms with Crippen LogP contribution in [0.5, 0.6) is 0 Å². The van der Waals surface area contributed by atoms with E-state index in [2.05, 4.69) is 10.3 Å². The van der Waals surface area contributed by atoms with Crippen molar-refractivity contribution in [2.75, 3.05) is 0 Å². The first-order valence-corrected chi connectivity index (χ1v) is 7.33. The van der Waals surface area contributed by atoms with E-state index in [0.29, 0.717) is 12.1 Å². The zero-order valence-electron chi connectivity index (χ0n) is 12.6. The predicted octanol–water partition coefficient (Wildman–Crippen LogP) is 1.97. The molecule has 1 aromatic carbocycles. The van der Waals surface area contributed by atoms with Crippen molar-refractivity contribution in [2.45, 2.75) is 6.54 Å². The van der Waals surface area contributed by atoms with Crippen molar-refractivity contribution in [3.63, 3.8) is 0 Å². The molecule has 114 valence electrons. The first-order valence-electron chi connectivity index (χ1n) is 7.33. The molecular weight excluding hydrogens is 290 g/mol. The molecule has 3 aromatic heterocycles. The molecule has 0 radical (unpaired) electrons. The maximum atomic E-state index is 12.6. The van der Waals surface area contributed by atoms with Crippen LogP contribution >= 0.6 is 0 Å². The molecule has 0 atom stereocenters. The maximum Gasteiger partial charge on any atom is 0.275 e. The molecule has 0 N–H and O–H groups in total. The minimum atomic E-state index is -0.0238. The van der Waals surface area contributed by atoms with Crippen LogP contribution in [0.25, 0.3) is 16.6 Å². The number of fused-ring (bicyclic) bond motifs is 1. The van der Waals surface area contributed by atoms with Crippen LogP contribution in [0.2, 0.25) is 0 Å². The lowest BCUT2D eigenvalue weighted by Crippen LogP contribution is -2.21. The van der Waals surface area contributed by atoms with E-state index in [9.17, 15) is 4.79 Å². The number of para-hydroxylation sites is 1. The summed E-state index contributed by atoms with van der Waals surface area (Å²) in [5.41, 5.74) is 2.35. The SMILES string of the molecule is Cn1ccc2ccn(Cc3cn(-c4ccccc4)nn3)c(=O)c21. The lowest BCUT2D eigenvalue weighted by molar-refractivity contribution is 0.732. The molecule has 6 heteroatoms. The highest BCUT2D eigenvalue weighted by Crippen LogP contribution is 2.11. The molecule has 0 saturated carbocycles. The van der Waals surface area contributed by atoms with Crippen LogP contribution in [0.3, 0.4) is 0 Å². The fraction of sp³-hybridized carbons (Fsp3) is 0.118. The molecule has 0 amide bonds. The summed E-state index contributed by atoms with van der Waals surface area (Å²) < 4.78 is 5.21. The molecule has 6 nitrogen and oxygen atoms in total. The third-order valence-corrected chi connectivity index (χ3v) is 3.90. The zero-order chi connectivity index (χ0) is 15.8. The van der Waals surface area contributed by atoms with Gasteiger partial charge in [0.05, 0.1) is 18.4 Å². The number of aromatic nitrogens is 5. The number of hydrogen-bond acceptors (Lipinski definition) is 3. The number of rotatable bonds is 3. The third-order valence-electron chi connectivity index (χ3n) is 3.90. The van der Waals surface area contributed by atoms with Crippen molar-refractivity contribution in [1.29, 1.82) is 0 Å². The van der Waals surface area contributed by atoms with Gasteiger partial charge in [0, 0.05) is 24.8 Å². The summed E-state index contributed by atoms with van der Waals surface area (Å²) >= 11 is 0. The van der Waals surface area contributed by atoms with Crippen molar-refractivity contribution >= 4 is 10.9 Å². The summed E-state index contributed by atoms with van der Waals surface area (Å²) in [5, 5.41) is 9.24. The van der Waals surface area contributed by atoms with E-state index >= 15 is 0 Å². The van der Waals surface area contributed by atoms with Crippen molar-refractivity contribution in [3.05, 3.63) is 77.1 Å². The van der Waals surface area contributed by atoms with Gasteiger partial charge in [0.15, 0.2) is 0 Å². The highest BCUT2D eigenvalue weighted by molar-refractivity contribution is 5.78. The summed E-state index contributed by atoms with van der Waals surface area (Å²) in [6.07, 6.45) is 5.53. The number of aryl methyl sites for hydroxylation is 1. The zero-order valence-corrected chi connectivity index (χ0v) is 12.6. The Morgan fingerprint density at radius 1 is 1.04 bits per heavy atom. The first-order chi connectivity index (χ1) is 11.2. The van der Waals surface area contributed by atoms with E-state index in [1.807, 2.05) is 66.5 Å². The second-order valence-corrected chi connectivity index (χ2v) is 5.47. The van der Waals surface area contributed by atoms with Gasteiger partial charge in [-0.2, -0.15) is 0 Å². The van der Waals surface area contributed by atoms with Gasteiger partial charge in [-0.1, -0.05) is 23.4 Å². The molecule has 0 bridgehead atoms. The van der Waals surface area contributed by atoms with Crippen LogP contribution in [0.15, 0.2) is 65.8 Å². The summed E-state index contributed by atoms with van der Waals surface area (Å²) in [7, 11) is 1.87. The van der Waals surface area contributed by atoms with E-state index in [-0.39, 0.29) is 5.56 Å². The Morgan fingerprint density at radius 2 is 1.83 bits per heavy atom. The second-order valence-electron chi connectivity index (χ2n) is 5.47. The van der Waals surface area contributed by atoms with Gasteiger partial charge < -0.3 is 9.13 Å². The Bertz CT molecular complexity index is 1030. The van der Waals surface area contributed by atoms with E-state index < -0.39 is 0 Å². The number of hydrogen-bond donors (Lipinski definition) is 0. The van der Waals surface area contributed by atoms with Crippen LogP contribution in [0, 0.1) is 0 Å². The Labute approximate surface area is 132 Å². The van der Waals surface area contributed by atoms with E-state index in [0.717, 1.165) is 16.8 Å². The molecule has 0 fully saturated rings. The molecule has 0 saturated heterocycles. The maximum absolute atomic E-state index is 12.6. The molecule has 0 spiro atoms. The summed E-state index contributed by atoms with van der Waals surface area (Å²) in [5.74, 6) is 0. The minimum Gasteiger partial charge on any atom is -0.346 e. The van der Waals surface area contributed by atoms with Gasteiger partial charge in [0.2, 0.25) is 0 Å². The molecule has 4 rings (SSSR count). The van der Waals surface area contributed by atoms with Crippen LogP contribution in [0.1, 0.15) is 5.69 Å².